The summed E-state index contributed by atoms with van der Waals surface area (Å²) in [6, 6.07) is 43.1. The van der Waals surface area contributed by atoms with E-state index >= 15 is 0 Å². The smallest absolute Gasteiger partial charge is 0.136 e. The number of fused-ring (bicyclic) bond motifs is 6. The minimum atomic E-state index is -0.229. The Balaban J connectivity index is 1.47. The summed E-state index contributed by atoms with van der Waals surface area (Å²) < 4.78 is 20.1. The average molecular weight is 489 g/mol. The second-order valence-electron chi connectivity index (χ2n) is 9.86. The Hall–Kier alpha value is -4.95. The lowest BCUT2D eigenvalue weighted by atomic mass is 9.86. The Morgan fingerprint density at radius 3 is 1.53 bits per heavy atom. The third kappa shape index (κ3) is 3.10. The number of rotatable bonds is 2. The molecule has 0 N–H and O–H groups in total. The van der Waals surface area contributed by atoms with Crippen LogP contribution >= 0.6 is 0 Å². The molecule has 1 heterocycles. The fourth-order valence-corrected chi connectivity index (χ4v) is 5.98. The number of benzene rings is 7. The van der Waals surface area contributed by atoms with Gasteiger partial charge >= 0.3 is 0 Å². The molecule has 7 aromatic carbocycles. The van der Waals surface area contributed by atoms with E-state index < -0.39 is 0 Å². The molecule has 1 aromatic heterocycles. The van der Waals surface area contributed by atoms with Crippen LogP contribution in [-0.2, 0) is 0 Å². The highest BCUT2D eigenvalue weighted by atomic mass is 19.1. The Bertz CT molecular complexity index is 2130. The first-order valence-electron chi connectivity index (χ1n) is 12.8. The SMILES string of the molecule is Fc1ccc(-c2c3ccccc3c(-c3ccc4oc5cc6ccccc6cc5c4c3)c3ccccc23)cc1. The Labute approximate surface area is 218 Å². The van der Waals surface area contributed by atoms with Gasteiger partial charge in [-0.1, -0.05) is 91.0 Å². The van der Waals surface area contributed by atoms with Crippen LogP contribution in [-0.4, -0.2) is 0 Å². The fourth-order valence-electron chi connectivity index (χ4n) is 5.98. The molecule has 8 rings (SSSR count). The van der Waals surface area contributed by atoms with E-state index in [1.54, 1.807) is 0 Å². The molecule has 0 aliphatic carbocycles. The van der Waals surface area contributed by atoms with Crippen LogP contribution in [0.5, 0.6) is 0 Å². The van der Waals surface area contributed by atoms with Gasteiger partial charge in [-0.3, -0.25) is 0 Å². The molecule has 0 unspecified atom stereocenters. The number of halogens is 1. The van der Waals surface area contributed by atoms with E-state index in [0.29, 0.717) is 0 Å². The summed E-state index contributed by atoms with van der Waals surface area (Å²) in [5.41, 5.74) is 6.26. The topological polar surface area (TPSA) is 13.1 Å². The van der Waals surface area contributed by atoms with Crippen LogP contribution in [0.1, 0.15) is 0 Å². The van der Waals surface area contributed by atoms with E-state index in [1.807, 2.05) is 12.1 Å². The number of hydrogen-bond acceptors (Lipinski definition) is 1. The summed E-state index contributed by atoms with van der Waals surface area (Å²) in [6.45, 7) is 0. The molecule has 0 fully saturated rings. The van der Waals surface area contributed by atoms with Crippen LogP contribution in [0.25, 0.3) is 76.5 Å². The van der Waals surface area contributed by atoms with Crippen LogP contribution in [0.4, 0.5) is 4.39 Å². The third-order valence-electron chi connectivity index (χ3n) is 7.69. The molecule has 0 atom stereocenters. The van der Waals surface area contributed by atoms with Gasteiger partial charge in [0.2, 0.25) is 0 Å². The standard InChI is InChI=1S/C36H21FO/c37-26-16-13-22(14-17-26)35-27-9-3-5-11-29(27)36(30-12-6-4-10-28(30)35)25-15-18-33-31(20-25)32-19-23-7-1-2-8-24(23)21-34(32)38-33/h1-21H. The van der Waals surface area contributed by atoms with Crippen molar-refractivity contribution in [1.82, 2.24) is 0 Å². The van der Waals surface area contributed by atoms with E-state index in [1.165, 1.54) is 39.2 Å². The lowest BCUT2D eigenvalue weighted by Crippen LogP contribution is -1.91. The quantitative estimate of drug-likeness (QED) is 0.221. The van der Waals surface area contributed by atoms with E-state index in [4.69, 9.17) is 4.42 Å². The van der Waals surface area contributed by atoms with Gasteiger partial charge in [-0.15, -0.1) is 0 Å². The third-order valence-corrected chi connectivity index (χ3v) is 7.69. The molecular formula is C36H21FO. The first-order chi connectivity index (χ1) is 18.7. The molecule has 8 aromatic rings. The van der Waals surface area contributed by atoms with Crippen molar-refractivity contribution in [3.05, 3.63) is 133 Å². The summed E-state index contributed by atoms with van der Waals surface area (Å²) in [6.07, 6.45) is 0. The minimum Gasteiger partial charge on any atom is -0.456 e. The van der Waals surface area contributed by atoms with Gasteiger partial charge in [0.25, 0.3) is 0 Å². The first kappa shape index (κ1) is 21.2. The van der Waals surface area contributed by atoms with Crippen molar-refractivity contribution in [2.45, 2.75) is 0 Å². The van der Waals surface area contributed by atoms with Gasteiger partial charge in [0.15, 0.2) is 0 Å². The monoisotopic (exact) mass is 488 g/mol. The molecule has 0 aliphatic heterocycles. The molecule has 0 saturated carbocycles. The van der Waals surface area contributed by atoms with Crippen molar-refractivity contribution in [1.29, 1.82) is 0 Å². The number of furan rings is 1. The molecule has 0 amide bonds. The zero-order valence-corrected chi connectivity index (χ0v) is 20.4. The van der Waals surface area contributed by atoms with Crippen LogP contribution in [0.15, 0.2) is 132 Å². The maximum absolute atomic E-state index is 13.8. The van der Waals surface area contributed by atoms with Crippen molar-refractivity contribution in [2.75, 3.05) is 0 Å². The highest BCUT2D eigenvalue weighted by Gasteiger charge is 2.18. The van der Waals surface area contributed by atoms with E-state index in [-0.39, 0.29) is 5.82 Å². The van der Waals surface area contributed by atoms with Gasteiger partial charge < -0.3 is 4.42 Å². The van der Waals surface area contributed by atoms with Gasteiger partial charge in [-0.05, 0) is 91.0 Å². The van der Waals surface area contributed by atoms with Gasteiger partial charge in [0.1, 0.15) is 17.0 Å². The van der Waals surface area contributed by atoms with Crippen LogP contribution in [0, 0.1) is 5.82 Å². The zero-order valence-electron chi connectivity index (χ0n) is 20.4. The molecule has 0 saturated heterocycles. The molecule has 178 valence electrons. The maximum Gasteiger partial charge on any atom is 0.136 e. The van der Waals surface area contributed by atoms with Crippen molar-refractivity contribution in [3.8, 4) is 22.3 Å². The summed E-state index contributed by atoms with van der Waals surface area (Å²) in [5.74, 6) is -0.229. The number of hydrogen-bond donors (Lipinski definition) is 0. The van der Waals surface area contributed by atoms with Crippen LogP contribution < -0.4 is 0 Å². The average Bonchev–Trinajstić information content (AvgIpc) is 3.32. The molecule has 0 bridgehead atoms. The highest BCUT2D eigenvalue weighted by molar-refractivity contribution is 6.22. The molecule has 2 heteroatoms. The lowest BCUT2D eigenvalue weighted by Gasteiger charge is -2.17. The predicted octanol–water partition coefficient (Wildman–Crippen LogP) is 10.5. The molecule has 0 spiro atoms. The molecule has 0 radical (unpaired) electrons. The summed E-state index contributed by atoms with van der Waals surface area (Å²) in [5, 5.41) is 9.24. The van der Waals surface area contributed by atoms with Crippen molar-refractivity contribution in [3.63, 3.8) is 0 Å². The molecular weight excluding hydrogens is 467 g/mol. The molecule has 0 aliphatic rings. The highest BCUT2D eigenvalue weighted by Crippen LogP contribution is 2.44. The normalized spacial score (nSPS) is 11.8. The fraction of sp³-hybridized carbons (Fsp3) is 0. The summed E-state index contributed by atoms with van der Waals surface area (Å²) >= 11 is 0. The largest absolute Gasteiger partial charge is 0.456 e. The zero-order chi connectivity index (χ0) is 25.2. The van der Waals surface area contributed by atoms with E-state index in [9.17, 15) is 4.39 Å². The molecule has 1 nitrogen and oxygen atoms in total. The first-order valence-corrected chi connectivity index (χ1v) is 12.8. The minimum absolute atomic E-state index is 0.229. The van der Waals surface area contributed by atoms with E-state index in [2.05, 4.69) is 103 Å². The lowest BCUT2D eigenvalue weighted by molar-refractivity contribution is 0.628. The Kier molecular flexibility index (Phi) is 4.47. The summed E-state index contributed by atoms with van der Waals surface area (Å²) in [4.78, 5) is 0. The van der Waals surface area contributed by atoms with Crippen molar-refractivity contribution < 1.29 is 8.81 Å². The predicted molar refractivity (Wildman–Crippen MR) is 157 cm³/mol. The Morgan fingerprint density at radius 2 is 0.895 bits per heavy atom. The van der Waals surface area contributed by atoms with Gasteiger partial charge in [-0.2, -0.15) is 0 Å². The van der Waals surface area contributed by atoms with Crippen molar-refractivity contribution in [2.24, 2.45) is 0 Å². The summed E-state index contributed by atoms with van der Waals surface area (Å²) in [7, 11) is 0. The second-order valence-corrected chi connectivity index (χ2v) is 9.86. The van der Waals surface area contributed by atoms with Gasteiger partial charge in [-0.25, -0.2) is 4.39 Å². The van der Waals surface area contributed by atoms with Gasteiger partial charge in [0.05, 0.1) is 0 Å². The van der Waals surface area contributed by atoms with E-state index in [0.717, 1.165) is 49.4 Å². The molecule has 38 heavy (non-hydrogen) atoms. The van der Waals surface area contributed by atoms with Crippen molar-refractivity contribution >= 4 is 54.3 Å². The van der Waals surface area contributed by atoms with Crippen LogP contribution in [0.3, 0.4) is 0 Å². The van der Waals surface area contributed by atoms with Crippen LogP contribution in [0.2, 0.25) is 0 Å². The van der Waals surface area contributed by atoms with Gasteiger partial charge in [0, 0.05) is 10.8 Å². The maximum atomic E-state index is 13.8. The second kappa shape index (κ2) is 8.03. The Morgan fingerprint density at radius 1 is 0.395 bits per heavy atom.